The van der Waals surface area contributed by atoms with Crippen molar-refractivity contribution in [2.75, 3.05) is 0 Å². The second-order valence-electron chi connectivity index (χ2n) is 5.32. The van der Waals surface area contributed by atoms with Gasteiger partial charge in [-0.25, -0.2) is 14.7 Å². The number of nitrogens with one attached hydrogen (secondary N) is 1. The van der Waals surface area contributed by atoms with Gasteiger partial charge in [0.05, 0.1) is 6.07 Å². The summed E-state index contributed by atoms with van der Waals surface area (Å²) in [7, 11) is 0. The van der Waals surface area contributed by atoms with Gasteiger partial charge in [0, 0.05) is 0 Å². The van der Waals surface area contributed by atoms with E-state index in [0.29, 0.717) is 0 Å². The van der Waals surface area contributed by atoms with Gasteiger partial charge >= 0.3 is 12.3 Å². The Balaban J connectivity index is 1.42. The Bertz CT molecular complexity index is 807. The van der Waals surface area contributed by atoms with E-state index < -0.39 is 12.3 Å². The molecule has 0 atom stereocenters. The number of aromatic nitrogens is 2. The second-order valence-corrected chi connectivity index (χ2v) is 5.32. The zero-order chi connectivity index (χ0) is 18.9. The second kappa shape index (κ2) is 9.04. The highest BCUT2D eigenvalue weighted by molar-refractivity contribution is 5.64. The molecule has 1 N–H and O–H groups in total. The van der Waals surface area contributed by atoms with Crippen molar-refractivity contribution in [3.8, 4) is 11.8 Å². The van der Waals surface area contributed by atoms with Gasteiger partial charge in [0.1, 0.15) is 13.2 Å². The van der Waals surface area contributed by atoms with Crippen molar-refractivity contribution >= 4 is 12.3 Å². The third-order valence-electron chi connectivity index (χ3n) is 3.31. The molecule has 8 nitrogen and oxygen atoms in total. The first-order valence-corrected chi connectivity index (χ1v) is 8.01. The van der Waals surface area contributed by atoms with E-state index in [1.54, 1.807) is 0 Å². The molecule has 0 aliphatic rings. The molecule has 8 heteroatoms. The number of ether oxygens (including phenoxy) is 4. The lowest BCUT2D eigenvalue weighted by atomic mass is 10.2. The number of carbonyl (C=O) groups excluding carboxylic acids is 2. The molecule has 0 unspecified atom stereocenters. The summed E-state index contributed by atoms with van der Waals surface area (Å²) in [5, 5.41) is 6.11. The van der Waals surface area contributed by atoms with Gasteiger partial charge in [0.15, 0.2) is 0 Å². The third kappa shape index (κ3) is 5.89. The molecule has 0 saturated heterocycles. The maximum Gasteiger partial charge on any atom is 0.515 e. The van der Waals surface area contributed by atoms with E-state index >= 15 is 0 Å². The first kappa shape index (κ1) is 18.0. The normalized spacial score (nSPS) is 10.1. The zero-order valence-electron chi connectivity index (χ0n) is 14.2. The molecule has 0 bridgehead atoms. The molecule has 3 rings (SSSR count). The van der Waals surface area contributed by atoms with Crippen LogP contribution in [0.1, 0.15) is 11.1 Å². The molecule has 3 aromatic rings. The Labute approximate surface area is 154 Å². The van der Waals surface area contributed by atoms with Gasteiger partial charge in [-0.05, 0) is 11.1 Å². The SMILES string of the molecule is O=C(OCc1ccccc1)Oc1cc(OC(=O)OCc2ccccc2)[nH]n1. The molecule has 0 spiro atoms. The van der Waals surface area contributed by atoms with E-state index in [9.17, 15) is 9.59 Å². The highest BCUT2D eigenvalue weighted by Gasteiger charge is 2.13. The van der Waals surface area contributed by atoms with Crippen molar-refractivity contribution in [1.82, 2.24) is 10.2 Å². The molecule has 0 saturated carbocycles. The lowest BCUT2D eigenvalue weighted by molar-refractivity contribution is 0.0910. The number of H-pyrrole nitrogens is 1. The molecule has 0 aliphatic heterocycles. The van der Waals surface area contributed by atoms with E-state index in [2.05, 4.69) is 10.2 Å². The van der Waals surface area contributed by atoms with Crippen LogP contribution in [-0.4, -0.2) is 22.5 Å². The monoisotopic (exact) mass is 368 g/mol. The van der Waals surface area contributed by atoms with Gasteiger partial charge < -0.3 is 18.9 Å². The summed E-state index contributed by atoms with van der Waals surface area (Å²) in [5.41, 5.74) is 1.64. The van der Waals surface area contributed by atoms with Crippen molar-refractivity contribution in [2.45, 2.75) is 13.2 Å². The Morgan fingerprint density at radius 2 is 1.30 bits per heavy atom. The van der Waals surface area contributed by atoms with E-state index in [-0.39, 0.29) is 25.0 Å². The van der Waals surface area contributed by atoms with Crippen LogP contribution in [0.15, 0.2) is 66.7 Å². The quantitative estimate of drug-likeness (QED) is 0.660. The van der Waals surface area contributed by atoms with Crippen molar-refractivity contribution in [1.29, 1.82) is 0 Å². The van der Waals surface area contributed by atoms with Crippen LogP contribution in [0.5, 0.6) is 11.8 Å². The van der Waals surface area contributed by atoms with Gasteiger partial charge in [-0.2, -0.15) is 0 Å². The van der Waals surface area contributed by atoms with Gasteiger partial charge in [0.2, 0.25) is 11.8 Å². The molecular weight excluding hydrogens is 352 g/mol. The van der Waals surface area contributed by atoms with Crippen LogP contribution >= 0.6 is 0 Å². The van der Waals surface area contributed by atoms with Gasteiger partial charge in [-0.1, -0.05) is 60.7 Å². The summed E-state index contributed by atoms with van der Waals surface area (Å²) < 4.78 is 19.7. The average Bonchev–Trinajstić information content (AvgIpc) is 3.13. The van der Waals surface area contributed by atoms with Gasteiger partial charge in [-0.3, -0.25) is 0 Å². The van der Waals surface area contributed by atoms with Crippen LogP contribution < -0.4 is 9.47 Å². The highest BCUT2D eigenvalue weighted by Crippen LogP contribution is 2.16. The summed E-state index contributed by atoms with van der Waals surface area (Å²) in [6.45, 7) is 0.141. The van der Waals surface area contributed by atoms with Crippen LogP contribution in [-0.2, 0) is 22.7 Å². The number of rotatable bonds is 6. The average molecular weight is 368 g/mol. The van der Waals surface area contributed by atoms with Crippen LogP contribution in [0.3, 0.4) is 0 Å². The van der Waals surface area contributed by atoms with E-state index in [1.165, 1.54) is 6.07 Å². The fraction of sp³-hybridized carbons (Fsp3) is 0.105. The third-order valence-corrected chi connectivity index (χ3v) is 3.31. The standard InChI is InChI=1S/C19H16N2O6/c22-18(24-12-14-7-3-1-4-8-14)26-16-11-17(21-20-16)27-19(23)25-13-15-9-5-2-6-10-15/h1-11H,12-13H2,(H,20,21). The maximum atomic E-state index is 11.7. The molecule has 0 amide bonds. The molecule has 0 radical (unpaired) electrons. The number of hydrogen-bond donors (Lipinski definition) is 1. The molecule has 0 aliphatic carbocycles. The molecule has 1 aromatic heterocycles. The first-order valence-electron chi connectivity index (χ1n) is 8.01. The molecule has 0 fully saturated rings. The molecule has 138 valence electrons. The lowest BCUT2D eigenvalue weighted by Crippen LogP contribution is -2.11. The summed E-state index contributed by atoms with van der Waals surface area (Å²) in [5.74, 6) is -0.127. The smallest absolute Gasteiger partial charge is 0.429 e. The summed E-state index contributed by atoms with van der Waals surface area (Å²) >= 11 is 0. The zero-order valence-corrected chi connectivity index (χ0v) is 14.2. The van der Waals surface area contributed by atoms with Gasteiger partial charge in [0.25, 0.3) is 0 Å². The van der Waals surface area contributed by atoms with E-state index in [1.807, 2.05) is 60.7 Å². The number of aromatic amines is 1. The fourth-order valence-electron chi connectivity index (χ4n) is 2.06. The van der Waals surface area contributed by atoms with Crippen molar-refractivity contribution < 1.29 is 28.5 Å². The van der Waals surface area contributed by atoms with Crippen molar-refractivity contribution in [2.24, 2.45) is 0 Å². The van der Waals surface area contributed by atoms with Crippen LogP contribution in [0.25, 0.3) is 0 Å². The van der Waals surface area contributed by atoms with Crippen LogP contribution in [0, 0.1) is 0 Å². The van der Waals surface area contributed by atoms with Gasteiger partial charge in [-0.15, -0.1) is 5.10 Å². The lowest BCUT2D eigenvalue weighted by Gasteiger charge is -2.04. The molecular formula is C19H16N2O6. The molecule has 1 heterocycles. The summed E-state index contributed by atoms with van der Waals surface area (Å²) in [6, 6.07) is 19.5. The minimum atomic E-state index is -0.927. The van der Waals surface area contributed by atoms with Crippen molar-refractivity contribution in [3.63, 3.8) is 0 Å². The fourth-order valence-corrected chi connectivity index (χ4v) is 2.06. The molecule has 2 aromatic carbocycles. The summed E-state index contributed by atoms with van der Waals surface area (Å²) in [4.78, 5) is 23.3. The topological polar surface area (TPSA) is 99.7 Å². The van der Waals surface area contributed by atoms with E-state index in [4.69, 9.17) is 18.9 Å². The largest absolute Gasteiger partial charge is 0.515 e. The Kier molecular flexibility index (Phi) is 6.03. The number of carbonyl (C=O) groups is 2. The first-order chi connectivity index (χ1) is 13.2. The minimum Gasteiger partial charge on any atom is -0.429 e. The number of nitrogens with zero attached hydrogens (tertiary/aromatic N) is 1. The van der Waals surface area contributed by atoms with E-state index in [0.717, 1.165) is 11.1 Å². The van der Waals surface area contributed by atoms with Crippen LogP contribution in [0.4, 0.5) is 9.59 Å². The number of benzene rings is 2. The highest BCUT2D eigenvalue weighted by atomic mass is 16.7. The number of hydrogen-bond acceptors (Lipinski definition) is 7. The van der Waals surface area contributed by atoms with Crippen molar-refractivity contribution in [3.05, 3.63) is 77.9 Å². The Morgan fingerprint density at radius 3 is 1.85 bits per heavy atom. The Hall–Kier alpha value is -3.81. The predicted octanol–water partition coefficient (Wildman–Crippen LogP) is 3.84. The Morgan fingerprint density at radius 1 is 0.778 bits per heavy atom. The predicted molar refractivity (Wildman–Crippen MR) is 93.1 cm³/mol. The maximum absolute atomic E-state index is 11.7. The minimum absolute atomic E-state index is 0.0288. The van der Waals surface area contributed by atoms with Crippen LogP contribution in [0.2, 0.25) is 0 Å². The summed E-state index contributed by atoms with van der Waals surface area (Å²) in [6.07, 6.45) is -1.84. The molecule has 27 heavy (non-hydrogen) atoms.